The number of alkyl halides is 1. The van der Waals surface area contributed by atoms with Gasteiger partial charge in [0, 0.05) is 21.7 Å². The fourth-order valence-electron chi connectivity index (χ4n) is 3.69. The smallest absolute Gasteiger partial charge is 0.257 e. The van der Waals surface area contributed by atoms with Gasteiger partial charge in [0.05, 0.1) is 0 Å². The minimum absolute atomic E-state index is 0.0136. The van der Waals surface area contributed by atoms with Gasteiger partial charge in [-0.3, -0.25) is 4.79 Å². The van der Waals surface area contributed by atoms with Gasteiger partial charge in [-0.15, -0.1) is 0 Å². The Labute approximate surface area is 179 Å². The molecule has 0 fully saturated rings. The molecule has 0 radical (unpaired) electrons. The molecule has 154 valence electrons. The summed E-state index contributed by atoms with van der Waals surface area (Å²) in [5.74, 6) is -1.52. The molecule has 5 heteroatoms. The molecule has 0 spiro atoms. The van der Waals surface area contributed by atoms with Crippen LogP contribution in [0.3, 0.4) is 0 Å². The van der Waals surface area contributed by atoms with E-state index in [9.17, 15) is 13.8 Å². The van der Waals surface area contributed by atoms with Gasteiger partial charge < -0.3 is 4.57 Å². The van der Waals surface area contributed by atoms with Crippen molar-refractivity contribution in [1.29, 1.82) is 0 Å². The van der Waals surface area contributed by atoms with E-state index in [1.807, 2.05) is 0 Å². The zero-order chi connectivity index (χ0) is 21.9. The number of hydrogen-bond donors (Lipinski definition) is 0. The van der Waals surface area contributed by atoms with Crippen LogP contribution < -0.4 is 10.6 Å². The van der Waals surface area contributed by atoms with E-state index in [0.717, 1.165) is 12.1 Å². The van der Waals surface area contributed by atoms with Crippen molar-refractivity contribution in [2.45, 2.75) is 5.41 Å². The first-order chi connectivity index (χ1) is 15.0. The van der Waals surface area contributed by atoms with Crippen LogP contribution in [0.1, 0.15) is 15.9 Å². The third-order valence-electron chi connectivity index (χ3n) is 5.24. The second-order valence-electron chi connectivity index (χ2n) is 7.10. The molecule has 0 amide bonds. The van der Waals surface area contributed by atoms with E-state index in [1.165, 1.54) is 24.3 Å². The molecule has 0 aliphatic carbocycles. The van der Waals surface area contributed by atoms with Crippen LogP contribution >= 0.6 is 7.14 Å². The zero-order valence-corrected chi connectivity index (χ0v) is 17.4. The lowest BCUT2D eigenvalue weighted by Crippen LogP contribution is -2.39. The standard InChI is InChI=1S/C26H19F2O2P/c27-22-18-16-20(17-19-22)25(29)26(28,21-10-4-1-5-11-21)31(30,23-12-6-2-7-13-23)24-14-8-3-9-15-24/h1-19H/t26-/m0/s1. The van der Waals surface area contributed by atoms with Gasteiger partial charge in [-0.05, 0) is 24.3 Å². The van der Waals surface area contributed by atoms with Crippen LogP contribution in [0.15, 0.2) is 115 Å². The van der Waals surface area contributed by atoms with Crippen LogP contribution in [0.4, 0.5) is 8.78 Å². The Balaban J connectivity index is 2.06. The second-order valence-corrected chi connectivity index (χ2v) is 9.97. The summed E-state index contributed by atoms with van der Waals surface area (Å²) in [6.07, 6.45) is 0. The van der Waals surface area contributed by atoms with Gasteiger partial charge in [-0.1, -0.05) is 91.0 Å². The molecular formula is C26H19F2O2P. The monoisotopic (exact) mass is 432 g/mol. The minimum atomic E-state index is -4.21. The van der Waals surface area contributed by atoms with Crippen LogP contribution in [0.2, 0.25) is 0 Å². The lowest BCUT2D eigenvalue weighted by molar-refractivity contribution is 0.0824. The lowest BCUT2D eigenvalue weighted by Gasteiger charge is -2.34. The maximum atomic E-state index is 17.4. The topological polar surface area (TPSA) is 34.1 Å². The Hall–Kier alpha value is -3.36. The van der Waals surface area contributed by atoms with Gasteiger partial charge in [-0.2, -0.15) is 0 Å². The maximum Gasteiger partial charge on any atom is 0.257 e. The molecule has 0 unspecified atom stereocenters. The van der Waals surface area contributed by atoms with Gasteiger partial charge >= 0.3 is 0 Å². The van der Waals surface area contributed by atoms with E-state index in [4.69, 9.17) is 0 Å². The number of rotatable bonds is 6. The fourth-order valence-corrected chi connectivity index (χ4v) is 6.81. The van der Waals surface area contributed by atoms with Crippen molar-refractivity contribution in [2.24, 2.45) is 0 Å². The summed E-state index contributed by atoms with van der Waals surface area (Å²) in [6, 6.07) is 28.9. The maximum absolute atomic E-state index is 17.4. The van der Waals surface area contributed by atoms with Crippen LogP contribution in [0, 0.1) is 5.82 Å². The predicted molar refractivity (Wildman–Crippen MR) is 120 cm³/mol. The zero-order valence-electron chi connectivity index (χ0n) is 16.5. The van der Waals surface area contributed by atoms with Crippen molar-refractivity contribution in [3.8, 4) is 0 Å². The Kier molecular flexibility index (Phi) is 5.67. The molecule has 2 nitrogen and oxygen atoms in total. The second kappa shape index (κ2) is 8.41. The summed E-state index contributed by atoms with van der Waals surface area (Å²) in [7, 11) is -4.21. The van der Waals surface area contributed by atoms with Gasteiger partial charge in [-0.25, -0.2) is 8.78 Å². The SMILES string of the molecule is O=C(c1ccc(F)cc1)[C@](F)(c1ccccc1)P(=O)(c1ccccc1)c1ccccc1. The summed E-state index contributed by atoms with van der Waals surface area (Å²) in [6.45, 7) is 0. The van der Waals surface area contributed by atoms with Gasteiger partial charge in [0.15, 0.2) is 7.14 Å². The van der Waals surface area contributed by atoms with Gasteiger partial charge in [0.2, 0.25) is 5.78 Å². The average Bonchev–Trinajstić information content (AvgIpc) is 2.84. The highest BCUT2D eigenvalue weighted by Gasteiger charge is 2.58. The number of ketones is 1. The van der Waals surface area contributed by atoms with Crippen molar-refractivity contribution in [3.63, 3.8) is 0 Å². The van der Waals surface area contributed by atoms with Gasteiger partial charge in [0.25, 0.3) is 5.41 Å². The van der Waals surface area contributed by atoms with Crippen molar-refractivity contribution in [2.75, 3.05) is 0 Å². The molecule has 31 heavy (non-hydrogen) atoms. The highest BCUT2D eigenvalue weighted by molar-refractivity contribution is 7.80. The van der Waals surface area contributed by atoms with Crippen molar-refractivity contribution in [3.05, 3.63) is 132 Å². The number of benzene rings is 4. The molecule has 0 saturated heterocycles. The van der Waals surface area contributed by atoms with Crippen molar-refractivity contribution < 1.29 is 18.1 Å². The molecule has 4 aromatic rings. The molecule has 0 aliphatic heterocycles. The van der Waals surface area contributed by atoms with Crippen molar-refractivity contribution >= 4 is 23.5 Å². The Bertz CT molecular complexity index is 1180. The molecule has 0 saturated carbocycles. The summed E-state index contributed by atoms with van der Waals surface area (Å²) in [4.78, 5) is 13.7. The Morgan fingerprint density at radius 3 is 1.52 bits per heavy atom. The normalized spacial score (nSPS) is 13.4. The van der Waals surface area contributed by atoms with Crippen LogP contribution in [-0.4, -0.2) is 5.78 Å². The highest BCUT2D eigenvalue weighted by atomic mass is 31.2. The number of halogens is 2. The first kappa shape index (κ1) is 20.9. The van der Waals surface area contributed by atoms with Crippen LogP contribution in [0.5, 0.6) is 0 Å². The highest BCUT2D eigenvalue weighted by Crippen LogP contribution is 2.63. The molecule has 0 aromatic heterocycles. The van der Waals surface area contributed by atoms with E-state index in [1.54, 1.807) is 78.9 Å². The lowest BCUT2D eigenvalue weighted by atomic mass is 10.0. The third-order valence-corrected chi connectivity index (χ3v) is 8.62. The first-order valence-corrected chi connectivity index (χ1v) is 11.4. The van der Waals surface area contributed by atoms with Crippen LogP contribution in [0.25, 0.3) is 0 Å². The summed E-state index contributed by atoms with van der Waals surface area (Å²) < 4.78 is 45.7. The predicted octanol–water partition coefficient (Wildman–Crippen LogP) is 5.85. The minimum Gasteiger partial charge on any atom is -0.309 e. The molecule has 0 N–H and O–H groups in total. The third kappa shape index (κ3) is 3.54. The molecule has 4 aromatic carbocycles. The van der Waals surface area contributed by atoms with E-state index in [-0.39, 0.29) is 21.7 Å². The van der Waals surface area contributed by atoms with E-state index in [0.29, 0.717) is 0 Å². The van der Waals surface area contributed by atoms with E-state index in [2.05, 4.69) is 0 Å². The molecule has 0 aliphatic rings. The summed E-state index contributed by atoms with van der Waals surface area (Å²) in [5, 5.41) is -2.44. The largest absolute Gasteiger partial charge is 0.309 e. The Morgan fingerprint density at radius 2 is 1.06 bits per heavy atom. The summed E-state index contributed by atoms with van der Waals surface area (Å²) in [5.41, 5.74) is -0.0693. The number of hydrogen-bond acceptors (Lipinski definition) is 2. The number of carbonyl (C=O) groups is 1. The van der Waals surface area contributed by atoms with E-state index < -0.39 is 24.2 Å². The fraction of sp³-hybridized carbons (Fsp3) is 0.0385. The quantitative estimate of drug-likeness (QED) is 0.283. The number of carbonyl (C=O) groups excluding carboxylic acids is 1. The molecular weight excluding hydrogens is 413 g/mol. The van der Waals surface area contributed by atoms with Crippen molar-refractivity contribution in [1.82, 2.24) is 0 Å². The van der Waals surface area contributed by atoms with Gasteiger partial charge in [0.1, 0.15) is 5.82 Å². The molecule has 0 heterocycles. The first-order valence-electron chi connectivity index (χ1n) is 9.74. The Morgan fingerprint density at radius 1 is 0.645 bits per heavy atom. The molecule has 1 atom stereocenters. The molecule has 0 bridgehead atoms. The summed E-state index contributed by atoms with van der Waals surface area (Å²) >= 11 is 0. The molecule has 4 rings (SSSR count). The number of Topliss-reactive ketones (excluding diaryl/α,β-unsaturated/α-hetero) is 1. The van der Waals surface area contributed by atoms with E-state index >= 15 is 4.39 Å². The van der Waals surface area contributed by atoms with Crippen LogP contribution in [-0.2, 0) is 9.97 Å². The average molecular weight is 432 g/mol.